The van der Waals surface area contributed by atoms with Crippen LogP contribution in [0.3, 0.4) is 0 Å². The van der Waals surface area contributed by atoms with Gasteiger partial charge in [0.05, 0.1) is 11.1 Å². The number of carbonyl (C=O) groups excluding carboxylic acids is 2. The van der Waals surface area contributed by atoms with Crippen molar-refractivity contribution >= 4 is 45.9 Å². The van der Waals surface area contributed by atoms with Crippen LogP contribution in [0.5, 0.6) is 0 Å². The summed E-state index contributed by atoms with van der Waals surface area (Å²) in [6, 6.07) is 21.7. The van der Waals surface area contributed by atoms with Crippen molar-refractivity contribution in [1.82, 2.24) is 9.97 Å². The van der Waals surface area contributed by atoms with Crippen LogP contribution in [-0.2, 0) is 4.74 Å². The minimum Gasteiger partial charge on any atom is -0.386 e. The Balaban J connectivity index is 0.000000142. The molecular formula is C22H12Cl2N2O3. The fourth-order valence-corrected chi connectivity index (χ4v) is 3.40. The first-order chi connectivity index (χ1) is 14.0. The maximum atomic E-state index is 11.4. The van der Waals surface area contributed by atoms with E-state index in [1.807, 2.05) is 42.5 Å². The predicted octanol–water partition coefficient (Wildman–Crippen LogP) is 5.60. The molecule has 1 aliphatic heterocycles. The van der Waals surface area contributed by atoms with E-state index in [-0.39, 0.29) is 0 Å². The molecule has 5 nitrogen and oxygen atoms in total. The Bertz CT molecular complexity index is 1170. The highest BCUT2D eigenvalue weighted by Gasteiger charge is 2.26. The summed E-state index contributed by atoms with van der Waals surface area (Å²) in [4.78, 5) is 31.0. The zero-order valence-corrected chi connectivity index (χ0v) is 16.3. The molecule has 0 saturated carbocycles. The Morgan fingerprint density at radius 3 is 1.79 bits per heavy atom. The fraction of sp³-hybridized carbons (Fsp3) is 0. The lowest BCUT2D eigenvalue weighted by molar-refractivity contribution is 0.0391. The minimum absolute atomic E-state index is 0.351. The minimum atomic E-state index is -0.565. The van der Waals surface area contributed by atoms with E-state index >= 15 is 0 Å². The van der Waals surface area contributed by atoms with Gasteiger partial charge in [-0.25, -0.2) is 19.6 Å². The highest BCUT2D eigenvalue weighted by Crippen LogP contribution is 2.28. The average Bonchev–Trinajstić information content (AvgIpc) is 2.72. The summed E-state index contributed by atoms with van der Waals surface area (Å²) >= 11 is 11.5. The lowest BCUT2D eigenvalue weighted by atomic mass is 9.97. The molecule has 0 saturated heterocycles. The molecule has 29 heavy (non-hydrogen) atoms. The maximum absolute atomic E-state index is 11.4. The fourth-order valence-electron chi connectivity index (χ4n) is 2.98. The number of halogens is 2. The maximum Gasteiger partial charge on any atom is 0.346 e. The van der Waals surface area contributed by atoms with Gasteiger partial charge in [-0.05, 0) is 17.5 Å². The number of carbonyl (C=O) groups is 2. The molecule has 0 aliphatic carbocycles. The van der Waals surface area contributed by atoms with E-state index in [4.69, 9.17) is 23.2 Å². The number of aromatic nitrogens is 2. The number of nitrogens with zero attached hydrogens (tertiary/aromatic N) is 2. The normalized spacial score (nSPS) is 12.2. The van der Waals surface area contributed by atoms with Crippen molar-refractivity contribution in [2.24, 2.45) is 0 Å². The summed E-state index contributed by atoms with van der Waals surface area (Å²) < 4.78 is 4.63. The summed E-state index contributed by atoms with van der Waals surface area (Å²) in [6.45, 7) is 0. The Hall–Kier alpha value is -3.28. The van der Waals surface area contributed by atoms with E-state index in [0.29, 0.717) is 32.6 Å². The van der Waals surface area contributed by atoms with Crippen molar-refractivity contribution in [3.05, 3.63) is 94.2 Å². The Kier molecular flexibility index (Phi) is 5.25. The van der Waals surface area contributed by atoms with Gasteiger partial charge in [-0.2, -0.15) is 0 Å². The first-order valence-corrected chi connectivity index (χ1v) is 9.32. The first-order valence-electron chi connectivity index (χ1n) is 8.56. The van der Waals surface area contributed by atoms with Crippen LogP contribution in [-0.4, -0.2) is 21.9 Å². The van der Waals surface area contributed by atoms with Crippen molar-refractivity contribution < 1.29 is 14.3 Å². The number of esters is 2. The van der Waals surface area contributed by atoms with E-state index in [0.717, 1.165) is 10.9 Å². The smallest absolute Gasteiger partial charge is 0.346 e. The SMILES string of the molecule is Clc1cc(Cl)nc(-c2ccccc2)n1.O=C1OC(=O)c2cccc3cccc1c23. The van der Waals surface area contributed by atoms with Gasteiger partial charge in [0, 0.05) is 17.0 Å². The van der Waals surface area contributed by atoms with Crippen LogP contribution < -0.4 is 0 Å². The molecule has 7 heteroatoms. The number of benzene rings is 3. The summed E-state index contributed by atoms with van der Waals surface area (Å²) in [7, 11) is 0. The van der Waals surface area contributed by atoms with Crippen LogP contribution in [0.15, 0.2) is 72.8 Å². The van der Waals surface area contributed by atoms with Gasteiger partial charge < -0.3 is 4.74 Å². The molecule has 0 spiro atoms. The van der Waals surface area contributed by atoms with Gasteiger partial charge >= 0.3 is 11.9 Å². The lowest BCUT2D eigenvalue weighted by Gasteiger charge is -2.14. The third-order valence-corrected chi connectivity index (χ3v) is 4.61. The van der Waals surface area contributed by atoms with E-state index in [2.05, 4.69) is 14.7 Å². The average molecular weight is 423 g/mol. The van der Waals surface area contributed by atoms with Gasteiger partial charge in [-0.3, -0.25) is 0 Å². The lowest BCUT2D eigenvalue weighted by Crippen LogP contribution is -2.19. The van der Waals surface area contributed by atoms with Gasteiger partial charge in [0.25, 0.3) is 0 Å². The second kappa shape index (κ2) is 7.99. The number of hydrogen-bond acceptors (Lipinski definition) is 5. The van der Waals surface area contributed by atoms with Crippen LogP contribution in [0.25, 0.3) is 22.2 Å². The van der Waals surface area contributed by atoms with Crippen molar-refractivity contribution in [2.45, 2.75) is 0 Å². The molecule has 3 aromatic carbocycles. The van der Waals surface area contributed by atoms with Crippen LogP contribution in [0.4, 0.5) is 0 Å². The third-order valence-electron chi connectivity index (χ3n) is 4.23. The predicted molar refractivity (Wildman–Crippen MR) is 111 cm³/mol. The zero-order chi connectivity index (χ0) is 20.4. The standard InChI is InChI=1S/C12H6O3.C10H6Cl2N2/c13-11-8-5-1-3-7-4-2-6-9(10(7)8)12(14)15-11;11-8-6-9(12)14-10(13-8)7-4-2-1-3-5-7/h1-6H;1-6H. The summed E-state index contributed by atoms with van der Waals surface area (Å²) in [5.41, 5.74) is 1.82. The van der Waals surface area contributed by atoms with Crippen molar-refractivity contribution in [1.29, 1.82) is 0 Å². The van der Waals surface area contributed by atoms with Crippen molar-refractivity contribution in [2.75, 3.05) is 0 Å². The molecule has 0 N–H and O–H groups in total. The number of ether oxygens (including phenoxy) is 1. The molecule has 0 atom stereocenters. The molecule has 0 amide bonds. The van der Waals surface area contributed by atoms with Gasteiger partial charge in [0.1, 0.15) is 10.3 Å². The Morgan fingerprint density at radius 2 is 1.24 bits per heavy atom. The third kappa shape index (κ3) is 3.97. The molecule has 0 unspecified atom stereocenters. The Morgan fingerprint density at radius 1 is 0.690 bits per heavy atom. The largest absolute Gasteiger partial charge is 0.386 e. The van der Waals surface area contributed by atoms with Crippen molar-refractivity contribution in [3.63, 3.8) is 0 Å². The summed E-state index contributed by atoms with van der Waals surface area (Å²) in [5, 5.41) is 2.28. The van der Waals surface area contributed by atoms with Crippen molar-refractivity contribution in [3.8, 4) is 11.4 Å². The number of cyclic esters (lactones) is 2. The molecule has 1 aliphatic rings. The van der Waals surface area contributed by atoms with E-state index in [1.54, 1.807) is 24.3 Å². The molecule has 0 radical (unpaired) electrons. The Labute approximate surface area is 175 Å². The molecule has 1 aromatic heterocycles. The van der Waals surface area contributed by atoms with Crippen LogP contribution in [0.1, 0.15) is 20.7 Å². The zero-order valence-electron chi connectivity index (χ0n) is 14.8. The van der Waals surface area contributed by atoms with E-state index in [1.165, 1.54) is 6.07 Å². The van der Waals surface area contributed by atoms with Crippen LogP contribution in [0, 0.1) is 0 Å². The highest BCUT2D eigenvalue weighted by molar-refractivity contribution is 6.33. The first kappa shape index (κ1) is 19.1. The quantitative estimate of drug-likeness (QED) is 0.226. The molecule has 0 bridgehead atoms. The van der Waals surface area contributed by atoms with Gasteiger partial charge in [-0.1, -0.05) is 77.8 Å². The monoisotopic (exact) mass is 422 g/mol. The number of rotatable bonds is 1. The van der Waals surface area contributed by atoms with Gasteiger partial charge in [0.15, 0.2) is 5.82 Å². The second-order valence-electron chi connectivity index (χ2n) is 6.09. The van der Waals surface area contributed by atoms with E-state index in [9.17, 15) is 9.59 Å². The molecule has 2 heterocycles. The molecule has 4 aromatic rings. The second-order valence-corrected chi connectivity index (χ2v) is 6.86. The molecule has 0 fully saturated rings. The van der Waals surface area contributed by atoms with Gasteiger partial charge in [-0.15, -0.1) is 0 Å². The summed E-state index contributed by atoms with van der Waals surface area (Å²) in [5.74, 6) is -0.586. The van der Waals surface area contributed by atoms with Gasteiger partial charge in [0.2, 0.25) is 0 Å². The molecule has 5 rings (SSSR count). The van der Waals surface area contributed by atoms with E-state index < -0.39 is 11.9 Å². The molecule has 142 valence electrons. The van der Waals surface area contributed by atoms with Crippen LogP contribution in [0.2, 0.25) is 10.3 Å². The highest BCUT2D eigenvalue weighted by atomic mass is 35.5. The number of hydrogen-bond donors (Lipinski definition) is 0. The van der Waals surface area contributed by atoms with Crippen LogP contribution >= 0.6 is 23.2 Å². The topological polar surface area (TPSA) is 69.2 Å². The molecular weight excluding hydrogens is 411 g/mol. The summed E-state index contributed by atoms with van der Waals surface area (Å²) in [6.07, 6.45) is 0.